The third-order valence-electron chi connectivity index (χ3n) is 2.58. The summed E-state index contributed by atoms with van der Waals surface area (Å²) in [6.07, 6.45) is 3.16. The molecule has 4 N–H and O–H groups in total. The highest BCUT2D eigenvalue weighted by Crippen LogP contribution is 2.28. The highest BCUT2D eigenvalue weighted by Gasteiger charge is 2.18. The summed E-state index contributed by atoms with van der Waals surface area (Å²) in [5.41, 5.74) is 6.10. The Morgan fingerprint density at radius 1 is 1.55 bits per heavy atom. The van der Waals surface area contributed by atoms with E-state index in [1.54, 1.807) is 12.4 Å². The van der Waals surface area contributed by atoms with E-state index in [4.69, 9.17) is 17.3 Å². The maximum absolute atomic E-state index is 12.0. The normalized spacial score (nSPS) is 10.2. The molecule has 104 valence electrons. The van der Waals surface area contributed by atoms with Crippen molar-refractivity contribution >= 4 is 28.9 Å². The number of rotatable bonds is 4. The minimum absolute atomic E-state index is 0.00182. The van der Waals surface area contributed by atoms with E-state index in [1.165, 1.54) is 0 Å². The maximum atomic E-state index is 12.0. The van der Waals surface area contributed by atoms with Gasteiger partial charge in [0.2, 0.25) is 0 Å². The molecule has 0 unspecified atom stereocenters. The number of H-pyrrole nitrogens is 1. The van der Waals surface area contributed by atoms with Crippen LogP contribution in [0.25, 0.3) is 0 Å². The lowest BCUT2D eigenvalue weighted by Gasteiger charge is -2.08. The maximum Gasteiger partial charge on any atom is 0.271 e. The lowest BCUT2D eigenvalue weighted by molar-refractivity contribution is -0.384. The zero-order chi connectivity index (χ0) is 14.7. The summed E-state index contributed by atoms with van der Waals surface area (Å²) in [5.74, 6) is -0.547. The molecule has 2 aromatic rings. The number of anilines is 1. The van der Waals surface area contributed by atoms with Crippen molar-refractivity contribution in [1.82, 2.24) is 15.5 Å². The van der Waals surface area contributed by atoms with E-state index >= 15 is 0 Å². The van der Waals surface area contributed by atoms with Crippen molar-refractivity contribution in [3.63, 3.8) is 0 Å². The number of nitrogens with one attached hydrogen (secondary N) is 2. The third kappa shape index (κ3) is 2.86. The summed E-state index contributed by atoms with van der Waals surface area (Å²) in [7, 11) is 0. The second kappa shape index (κ2) is 5.57. The van der Waals surface area contributed by atoms with Crippen molar-refractivity contribution in [3.8, 4) is 0 Å². The molecular weight excluding hydrogens is 286 g/mol. The van der Waals surface area contributed by atoms with Gasteiger partial charge in [0, 0.05) is 30.4 Å². The Balaban J connectivity index is 2.22. The SMILES string of the molecule is Nc1c(Cl)cc([N+](=O)[O-])cc1C(=O)NCc1cn[nH]c1. The summed E-state index contributed by atoms with van der Waals surface area (Å²) in [5, 5.41) is 19.6. The van der Waals surface area contributed by atoms with Gasteiger partial charge in [-0.2, -0.15) is 5.10 Å². The molecular formula is C11H10ClN5O3. The van der Waals surface area contributed by atoms with Gasteiger partial charge >= 0.3 is 0 Å². The average Bonchev–Trinajstić information content (AvgIpc) is 2.92. The first-order valence-corrected chi connectivity index (χ1v) is 5.86. The van der Waals surface area contributed by atoms with Crippen molar-refractivity contribution in [2.45, 2.75) is 6.54 Å². The summed E-state index contributed by atoms with van der Waals surface area (Å²) in [4.78, 5) is 22.1. The van der Waals surface area contributed by atoms with Crippen LogP contribution in [0.3, 0.4) is 0 Å². The van der Waals surface area contributed by atoms with Crippen LogP contribution in [0.15, 0.2) is 24.5 Å². The number of carbonyl (C=O) groups excluding carboxylic acids is 1. The molecule has 0 fully saturated rings. The number of non-ortho nitro benzene ring substituents is 1. The number of hydrogen-bond acceptors (Lipinski definition) is 5. The van der Waals surface area contributed by atoms with Crippen LogP contribution < -0.4 is 11.1 Å². The zero-order valence-electron chi connectivity index (χ0n) is 10.1. The summed E-state index contributed by atoms with van der Waals surface area (Å²) in [6.45, 7) is 0.217. The zero-order valence-corrected chi connectivity index (χ0v) is 10.8. The molecule has 8 nitrogen and oxygen atoms in total. The first-order chi connectivity index (χ1) is 9.49. The second-order valence-electron chi connectivity index (χ2n) is 3.94. The van der Waals surface area contributed by atoms with Gasteiger partial charge in [-0.3, -0.25) is 20.0 Å². The smallest absolute Gasteiger partial charge is 0.271 e. The van der Waals surface area contributed by atoms with E-state index in [2.05, 4.69) is 15.5 Å². The largest absolute Gasteiger partial charge is 0.397 e. The van der Waals surface area contributed by atoms with Gasteiger partial charge in [-0.15, -0.1) is 0 Å². The molecule has 0 saturated heterocycles. The molecule has 0 aliphatic carbocycles. The lowest BCUT2D eigenvalue weighted by Crippen LogP contribution is -2.23. The van der Waals surface area contributed by atoms with Crippen molar-refractivity contribution in [2.75, 3.05) is 5.73 Å². The molecule has 0 atom stereocenters. The number of hydrogen-bond donors (Lipinski definition) is 3. The summed E-state index contributed by atoms with van der Waals surface area (Å²) in [6, 6.07) is 2.19. The standard InChI is InChI=1S/C11H10ClN5O3/c12-9-2-7(17(19)20)1-8(10(9)13)11(18)14-3-6-4-15-16-5-6/h1-2,4-5H,3,13H2,(H,14,18)(H,15,16). The van der Waals surface area contributed by atoms with Crippen molar-refractivity contribution in [1.29, 1.82) is 0 Å². The van der Waals surface area contributed by atoms with Gasteiger partial charge in [-0.25, -0.2) is 0 Å². The van der Waals surface area contributed by atoms with E-state index in [1.807, 2.05) is 0 Å². The van der Waals surface area contributed by atoms with Crippen LogP contribution in [-0.4, -0.2) is 21.0 Å². The van der Waals surface area contributed by atoms with E-state index in [9.17, 15) is 14.9 Å². The lowest BCUT2D eigenvalue weighted by atomic mass is 10.1. The van der Waals surface area contributed by atoms with Crippen LogP contribution >= 0.6 is 11.6 Å². The number of benzene rings is 1. The number of carbonyl (C=O) groups is 1. The van der Waals surface area contributed by atoms with Crippen LogP contribution in [-0.2, 0) is 6.54 Å². The van der Waals surface area contributed by atoms with Crippen LogP contribution in [0.1, 0.15) is 15.9 Å². The highest BCUT2D eigenvalue weighted by molar-refractivity contribution is 6.34. The van der Waals surface area contributed by atoms with Crippen molar-refractivity contribution in [3.05, 3.63) is 50.8 Å². The Bertz CT molecular complexity index is 656. The van der Waals surface area contributed by atoms with E-state index in [0.29, 0.717) is 0 Å². The molecule has 20 heavy (non-hydrogen) atoms. The van der Waals surface area contributed by atoms with Crippen LogP contribution in [0, 0.1) is 10.1 Å². The van der Waals surface area contributed by atoms with Gasteiger partial charge in [-0.1, -0.05) is 11.6 Å². The number of halogens is 1. The Morgan fingerprint density at radius 2 is 2.30 bits per heavy atom. The Hall–Kier alpha value is -2.61. The Kier molecular flexibility index (Phi) is 3.85. The van der Waals surface area contributed by atoms with Gasteiger partial charge in [-0.05, 0) is 0 Å². The molecule has 0 spiro atoms. The first kappa shape index (κ1) is 13.8. The number of amides is 1. The molecule has 0 saturated carbocycles. The fourth-order valence-electron chi connectivity index (χ4n) is 1.55. The van der Waals surface area contributed by atoms with E-state index in [-0.39, 0.29) is 28.5 Å². The predicted octanol–water partition coefficient (Wildman–Crippen LogP) is 1.48. The number of nitro groups is 1. The minimum Gasteiger partial charge on any atom is -0.397 e. The second-order valence-corrected chi connectivity index (χ2v) is 4.34. The van der Waals surface area contributed by atoms with Crippen molar-refractivity contribution < 1.29 is 9.72 Å². The van der Waals surface area contributed by atoms with Gasteiger partial charge in [0.1, 0.15) is 0 Å². The molecule has 0 radical (unpaired) electrons. The van der Waals surface area contributed by atoms with Crippen LogP contribution in [0.4, 0.5) is 11.4 Å². The molecule has 0 bridgehead atoms. The Labute approximate surface area is 118 Å². The monoisotopic (exact) mass is 295 g/mol. The molecule has 0 aliphatic rings. The van der Waals surface area contributed by atoms with Crippen LogP contribution in [0.2, 0.25) is 5.02 Å². The molecule has 1 amide bonds. The number of aromatic amines is 1. The number of nitrogen functional groups attached to an aromatic ring is 1. The predicted molar refractivity (Wildman–Crippen MR) is 72.3 cm³/mol. The summed E-state index contributed by atoms with van der Waals surface area (Å²) >= 11 is 5.78. The molecule has 9 heteroatoms. The van der Waals surface area contributed by atoms with Crippen LogP contribution in [0.5, 0.6) is 0 Å². The minimum atomic E-state index is -0.641. The van der Waals surface area contributed by atoms with E-state index in [0.717, 1.165) is 17.7 Å². The Morgan fingerprint density at radius 3 is 2.90 bits per heavy atom. The number of nitro benzene ring substituents is 1. The third-order valence-corrected chi connectivity index (χ3v) is 2.89. The highest BCUT2D eigenvalue weighted by atomic mass is 35.5. The molecule has 1 aromatic carbocycles. The quantitative estimate of drug-likeness (QED) is 0.447. The number of nitrogens with two attached hydrogens (primary N) is 1. The number of nitrogens with zero attached hydrogens (tertiary/aromatic N) is 2. The fourth-order valence-corrected chi connectivity index (χ4v) is 1.76. The topological polar surface area (TPSA) is 127 Å². The van der Waals surface area contributed by atoms with E-state index < -0.39 is 10.8 Å². The van der Waals surface area contributed by atoms with Gasteiger partial charge in [0.15, 0.2) is 0 Å². The number of aromatic nitrogens is 2. The van der Waals surface area contributed by atoms with Gasteiger partial charge in [0.05, 0.1) is 27.4 Å². The van der Waals surface area contributed by atoms with Gasteiger partial charge in [0.25, 0.3) is 11.6 Å². The summed E-state index contributed by atoms with van der Waals surface area (Å²) < 4.78 is 0. The molecule has 2 rings (SSSR count). The molecule has 1 heterocycles. The average molecular weight is 296 g/mol. The molecule has 1 aromatic heterocycles. The molecule has 0 aliphatic heterocycles. The van der Waals surface area contributed by atoms with Crippen molar-refractivity contribution in [2.24, 2.45) is 0 Å². The van der Waals surface area contributed by atoms with Gasteiger partial charge < -0.3 is 11.1 Å². The first-order valence-electron chi connectivity index (χ1n) is 5.48. The fraction of sp³-hybridized carbons (Fsp3) is 0.0909.